The maximum absolute atomic E-state index is 13.7. The van der Waals surface area contributed by atoms with Crippen LogP contribution < -0.4 is 31.7 Å². The molecule has 2 saturated carbocycles. The van der Waals surface area contributed by atoms with Crippen molar-refractivity contribution in [1.29, 1.82) is 0 Å². The number of hydrogen-bond donors (Lipinski definition) is 2. The molecule has 0 saturated heterocycles. The van der Waals surface area contributed by atoms with Crippen molar-refractivity contribution in [2.24, 2.45) is 46.3 Å². The lowest BCUT2D eigenvalue weighted by Crippen LogP contribution is -2.42. The number of ether oxygens (including phenoxy) is 8. The van der Waals surface area contributed by atoms with E-state index in [1.54, 1.807) is 40.8 Å². The standard InChI is InChI=1S/C73H100N10O19/c1-13-73(12,67(88)94-31-25-75-69(90)96-44-52-40-83(79-77-52)29-27-81(15-3)54-19-23-58-50(35-65(86)100-62(58)37-54)42-98-71(92)102-60-33-48(9)17-21-56(60)46(6)7)63(84)38-72(10,11)66(87)93-30-24-74-68(89)95-43-51-39-82(78-76-51)28-26-80(14-2)53-18-22-57-49(34-64(85)99-61(57)36-53)41-97-70(91)101-59-32-47(8)16-20-55(59)45(4)5/h18-19,22-23,34-37,39-40,45-48,55-56,59-60H,13-17,20-21,24-33,38,41-44H2,1-12H3,(H,74,89)(H,75,90)/t47-,48+,55+,56-,59?,60?,73?/m1/s1. The smallest absolute Gasteiger partial charge is 0.463 e. The minimum Gasteiger partial charge on any atom is -0.463 e. The largest absolute Gasteiger partial charge is 0.508 e. The molecule has 7 atom stereocenters. The Hall–Kier alpha value is -9.57. The second-order valence-corrected chi connectivity index (χ2v) is 28.1. The number of carbonyl (C=O) groups excluding carboxylic acids is 7. The summed E-state index contributed by atoms with van der Waals surface area (Å²) in [5, 5.41) is 22.8. The van der Waals surface area contributed by atoms with E-state index in [0.717, 1.165) is 49.9 Å². The second-order valence-electron chi connectivity index (χ2n) is 28.1. The molecule has 8 rings (SSSR count). The van der Waals surface area contributed by atoms with E-state index < -0.39 is 64.3 Å². The van der Waals surface area contributed by atoms with Crippen molar-refractivity contribution in [3.63, 3.8) is 0 Å². The van der Waals surface area contributed by atoms with Gasteiger partial charge in [0.15, 0.2) is 5.78 Å². The van der Waals surface area contributed by atoms with Crippen LogP contribution in [-0.4, -0.2) is 137 Å². The quantitative estimate of drug-likeness (QED) is 0.0125. The summed E-state index contributed by atoms with van der Waals surface area (Å²) in [6.45, 7) is 24.3. The lowest BCUT2D eigenvalue weighted by Gasteiger charge is -2.36. The number of nitrogens with zero attached hydrogens (tertiary/aromatic N) is 8. The molecule has 2 amide bonds. The van der Waals surface area contributed by atoms with Crippen LogP contribution in [0.15, 0.2) is 79.3 Å². The fourth-order valence-corrected chi connectivity index (χ4v) is 13.0. The number of hydrogen-bond acceptors (Lipinski definition) is 25. The number of anilines is 2. The van der Waals surface area contributed by atoms with Gasteiger partial charge in [0, 0.05) is 90.1 Å². The Morgan fingerprint density at radius 3 is 1.42 bits per heavy atom. The zero-order valence-electron chi connectivity index (χ0n) is 60.8. The topological polar surface area (TPSA) is 346 Å². The van der Waals surface area contributed by atoms with Gasteiger partial charge in [-0.25, -0.2) is 28.8 Å². The number of alkyl carbamates (subject to hydrolysis) is 2. The van der Waals surface area contributed by atoms with Crippen molar-refractivity contribution >= 4 is 75.5 Å². The molecule has 2 aliphatic carbocycles. The Kier molecular flexibility index (Phi) is 27.8. The van der Waals surface area contributed by atoms with Gasteiger partial charge in [0.1, 0.15) is 79.8 Å². The van der Waals surface area contributed by atoms with Gasteiger partial charge in [-0.15, -0.1) is 10.2 Å². The van der Waals surface area contributed by atoms with Gasteiger partial charge in [-0.3, -0.25) is 23.7 Å². The van der Waals surface area contributed by atoms with Crippen LogP contribution in [0.4, 0.5) is 30.6 Å². The molecule has 4 heterocycles. The lowest BCUT2D eigenvalue weighted by molar-refractivity contribution is -0.164. The van der Waals surface area contributed by atoms with Gasteiger partial charge in [-0.1, -0.05) is 71.7 Å². The van der Waals surface area contributed by atoms with Gasteiger partial charge in [0.25, 0.3) is 0 Å². The van der Waals surface area contributed by atoms with Gasteiger partial charge in [0.2, 0.25) is 0 Å². The second kappa shape index (κ2) is 36.3. The fraction of sp³-hybridized carbons (Fsp3) is 0.603. The molecule has 2 aromatic carbocycles. The van der Waals surface area contributed by atoms with Crippen LogP contribution in [0.3, 0.4) is 0 Å². The Bertz CT molecular complexity index is 3970. The number of aromatic nitrogens is 6. The Balaban J connectivity index is 0.686. The monoisotopic (exact) mass is 1420 g/mol. The molecule has 3 unspecified atom stereocenters. The van der Waals surface area contributed by atoms with E-state index in [9.17, 15) is 43.2 Å². The number of fused-ring (bicyclic) bond motifs is 2. The summed E-state index contributed by atoms with van der Waals surface area (Å²) in [7, 11) is 0. The van der Waals surface area contributed by atoms with E-state index in [1.807, 2.05) is 38.1 Å². The molecule has 0 spiro atoms. The first kappa shape index (κ1) is 78.2. The van der Waals surface area contributed by atoms with Crippen molar-refractivity contribution in [2.45, 2.75) is 186 Å². The molecule has 2 aliphatic rings. The highest BCUT2D eigenvalue weighted by atomic mass is 16.7. The summed E-state index contributed by atoms with van der Waals surface area (Å²) >= 11 is 0. The number of Topliss-reactive ketones (excluding diaryl/α,β-unsaturated/α-hetero) is 1. The normalized spacial score (nSPS) is 18.2. The third-order valence-electron chi connectivity index (χ3n) is 19.4. The van der Waals surface area contributed by atoms with E-state index in [1.165, 1.54) is 32.9 Å². The average molecular weight is 1420 g/mol. The van der Waals surface area contributed by atoms with Crippen molar-refractivity contribution in [3.05, 3.63) is 104 Å². The number of amides is 2. The Labute approximate surface area is 593 Å². The summed E-state index contributed by atoms with van der Waals surface area (Å²) in [5.41, 5.74) is -0.199. The number of esters is 2. The Morgan fingerprint density at radius 2 is 1.01 bits per heavy atom. The SMILES string of the molecule is CCN(CCn1cc(COC(=O)NCCOC(=O)C(C)(C)CC(=O)C(C)(CC)C(=O)OCCNC(=O)OCc2cn(CCN(CC)c3ccc4c(COC(=O)OC5C[C@@H](C)CC[C@@H]5C(C)C)cc(=O)oc4c3)nn2)nn1)c1ccc2c(COC(=O)OC3C[C@H](C)CC[C@H]3C(C)C)cc(=O)oc2c1. The highest BCUT2D eigenvalue weighted by Gasteiger charge is 2.45. The van der Waals surface area contributed by atoms with Crippen molar-refractivity contribution < 1.29 is 80.3 Å². The fourth-order valence-electron chi connectivity index (χ4n) is 13.0. The number of benzene rings is 2. The van der Waals surface area contributed by atoms with Crippen LogP contribution in [0.5, 0.6) is 0 Å². The lowest BCUT2D eigenvalue weighted by atomic mass is 9.75. The maximum atomic E-state index is 13.7. The Morgan fingerprint density at radius 1 is 0.578 bits per heavy atom. The van der Waals surface area contributed by atoms with Crippen LogP contribution >= 0.6 is 0 Å². The van der Waals surface area contributed by atoms with Crippen molar-refractivity contribution in [1.82, 2.24) is 40.6 Å². The molecule has 6 aromatic rings. The molecule has 0 radical (unpaired) electrons. The zero-order chi connectivity index (χ0) is 73.8. The van der Waals surface area contributed by atoms with Gasteiger partial charge in [0.05, 0.1) is 44.0 Å². The van der Waals surface area contributed by atoms with E-state index in [4.69, 9.17) is 46.7 Å². The average Bonchev–Trinajstić information content (AvgIpc) is 1.06. The molecule has 0 aliphatic heterocycles. The third-order valence-corrected chi connectivity index (χ3v) is 19.4. The molecule has 102 heavy (non-hydrogen) atoms. The minimum absolute atomic E-state index is 0.0543. The first-order valence-electron chi connectivity index (χ1n) is 35.4. The molecule has 29 heteroatoms. The summed E-state index contributed by atoms with van der Waals surface area (Å²) in [5.74, 6) is 0.00761. The summed E-state index contributed by atoms with van der Waals surface area (Å²) in [6, 6.07) is 13.6. The summed E-state index contributed by atoms with van der Waals surface area (Å²) in [6.07, 6.45) is 5.11. The van der Waals surface area contributed by atoms with E-state index >= 15 is 0 Å². The molecule has 556 valence electrons. The first-order valence-corrected chi connectivity index (χ1v) is 35.4. The van der Waals surface area contributed by atoms with Gasteiger partial charge >= 0.3 is 47.7 Å². The third kappa shape index (κ3) is 21.7. The number of carbonyl (C=O) groups is 7. The first-order chi connectivity index (χ1) is 48.6. The molecule has 0 bridgehead atoms. The van der Waals surface area contributed by atoms with E-state index in [-0.39, 0.29) is 89.6 Å². The molecule has 29 nitrogen and oxygen atoms in total. The molecule has 2 fully saturated rings. The predicted molar refractivity (Wildman–Crippen MR) is 374 cm³/mol. The van der Waals surface area contributed by atoms with E-state index in [0.29, 0.717) is 107 Å². The summed E-state index contributed by atoms with van der Waals surface area (Å²) < 4.78 is 58.5. The number of rotatable bonds is 34. The van der Waals surface area contributed by atoms with Crippen LogP contribution in [0.25, 0.3) is 21.9 Å². The van der Waals surface area contributed by atoms with E-state index in [2.05, 4.69) is 82.6 Å². The molecular weight excluding hydrogens is 1320 g/mol. The highest BCUT2D eigenvalue weighted by molar-refractivity contribution is 6.04. The molecular formula is C73H100N10O19. The van der Waals surface area contributed by atoms with Crippen LogP contribution in [0.2, 0.25) is 0 Å². The maximum Gasteiger partial charge on any atom is 0.508 e. The zero-order valence-corrected chi connectivity index (χ0v) is 60.8. The van der Waals surface area contributed by atoms with Crippen molar-refractivity contribution in [3.8, 4) is 0 Å². The number of likely N-dealkylation sites (N-methyl/N-ethyl adjacent to an activating group) is 2. The van der Waals surface area contributed by atoms with Gasteiger partial charge in [-0.05, 0) is 126 Å². The van der Waals surface area contributed by atoms with Crippen LogP contribution in [-0.2, 0) is 91.8 Å². The molecule has 2 N–H and O–H groups in total. The minimum atomic E-state index is -1.63. The van der Waals surface area contributed by atoms with Gasteiger partial charge in [-0.2, -0.15) is 0 Å². The van der Waals surface area contributed by atoms with Crippen LogP contribution in [0.1, 0.15) is 157 Å². The summed E-state index contributed by atoms with van der Waals surface area (Å²) in [4.78, 5) is 121. The van der Waals surface area contributed by atoms with Crippen LogP contribution in [0, 0.1) is 46.3 Å². The number of ketones is 1. The van der Waals surface area contributed by atoms with Crippen molar-refractivity contribution in [2.75, 3.05) is 62.3 Å². The number of nitrogens with one attached hydrogen (secondary N) is 2. The van der Waals surface area contributed by atoms with Gasteiger partial charge < -0.3 is 67.2 Å². The highest BCUT2D eigenvalue weighted by Crippen LogP contribution is 2.38. The molecule has 4 aromatic heterocycles. The predicted octanol–water partition coefficient (Wildman–Crippen LogP) is 11.0.